The highest BCUT2D eigenvalue weighted by Gasteiger charge is 2.51. The summed E-state index contributed by atoms with van der Waals surface area (Å²) in [6, 6.07) is 0.862. The second kappa shape index (κ2) is 5.86. The fourth-order valence-electron chi connectivity index (χ4n) is 3.34. The Balaban J connectivity index is 2.02. The molecule has 1 aliphatic carbocycles. The third-order valence-electron chi connectivity index (χ3n) is 5.30. The molecule has 0 saturated heterocycles. The van der Waals surface area contributed by atoms with Crippen LogP contribution in [0.25, 0.3) is 0 Å². The molecule has 4 nitrogen and oxygen atoms in total. The molecule has 4 atom stereocenters. The Bertz CT molecular complexity index is 457. The number of nitrogens with one attached hydrogen (secondary N) is 1. The molecule has 1 aromatic heterocycles. The Morgan fingerprint density at radius 3 is 2.75 bits per heavy atom. The van der Waals surface area contributed by atoms with Gasteiger partial charge < -0.3 is 10.1 Å². The van der Waals surface area contributed by atoms with Crippen molar-refractivity contribution in [1.29, 1.82) is 0 Å². The molecular weight excluding hydrogens is 250 g/mol. The van der Waals surface area contributed by atoms with Gasteiger partial charge in [0, 0.05) is 42.4 Å². The first-order chi connectivity index (χ1) is 9.43. The summed E-state index contributed by atoms with van der Waals surface area (Å²) in [5.74, 6) is 0. The highest BCUT2D eigenvalue weighted by atomic mass is 16.5. The molecule has 1 fully saturated rings. The van der Waals surface area contributed by atoms with Crippen molar-refractivity contribution in [2.75, 3.05) is 6.61 Å². The van der Waals surface area contributed by atoms with Crippen molar-refractivity contribution in [3.63, 3.8) is 0 Å². The van der Waals surface area contributed by atoms with E-state index in [9.17, 15) is 0 Å². The molecule has 1 N–H and O–H groups in total. The van der Waals surface area contributed by atoms with Crippen LogP contribution in [0.15, 0.2) is 6.20 Å². The van der Waals surface area contributed by atoms with Crippen LogP contribution >= 0.6 is 0 Å². The summed E-state index contributed by atoms with van der Waals surface area (Å²) in [6.45, 7) is 11.9. The third kappa shape index (κ3) is 2.51. The second-order valence-corrected chi connectivity index (χ2v) is 6.29. The molecule has 1 heterocycles. The Morgan fingerprint density at radius 1 is 1.55 bits per heavy atom. The van der Waals surface area contributed by atoms with Gasteiger partial charge in [-0.3, -0.25) is 4.68 Å². The number of aromatic nitrogens is 2. The van der Waals surface area contributed by atoms with E-state index in [4.69, 9.17) is 4.74 Å². The monoisotopic (exact) mass is 279 g/mol. The average molecular weight is 279 g/mol. The van der Waals surface area contributed by atoms with Gasteiger partial charge >= 0.3 is 0 Å². The third-order valence-corrected chi connectivity index (χ3v) is 5.30. The average Bonchev–Trinajstić information content (AvgIpc) is 2.76. The maximum atomic E-state index is 5.87. The van der Waals surface area contributed by atoms with E-state index >= 15 is 0 Å². The lowest BCUT2D eigenvalue weighted by Crippen LogP contribution is -2.62. The Hall–Kier alpha value is -0.870. The lowest BCUT2D eigenvalue weighted by atomic mass is 9.61. The molecule has 0 radical (unpaired) electrons. The van der Waals surface area contributed by atoms with Crippen LogP contribution < -0.4 is 5.32 Å². The van der Waals surface area contributed by atoms with Crippen molar-refractivity contribution in [2.24, 2.45) is 12.5 Å². The first-order valence-electron chi connectivity index (χ1n) is 7.80. The minimum atomic E-state index is 0.250. The zero-order valence-corrected chi connectivity index (χ0v) is 13.7. The van der Waals surface area contributed by atoms with Crippen LogP contribution in [0.3, 0.4) is 0 Å². The summed E-state index contributed by atoms with van der Waals surface area (Å²) in [4.78, 5) is 0. The standard InChI is InChI=1S/C16H29N3O/c1-7-16(5)14(9-15(16)20-8-2)18-11(3)13-10-17-19(6)12(13)4/h10-11,14-15,18H,7-9H2,1-6H3. The second-order valence-electron chi connectivity index (χ2n) is 6.29. The Kier molecular flexibility index (Phi) is 4.55. The van der Waals surface area contributed by atoms with Crippen LogP contribution in [0, 0.1) is 12.3 Å². The molecule has 0 amide bonds. The van der Waals surface area contributed by atoms with Crippen LogP contribution in [0.5, 0.6) is 0 Å². The summed E-state index contributed by atoms with van der Waals surface area (Å²) in [5, 5.41) is 8.12. The predicted octanol–water partition coefficient (Wildman–Crippen LogP) is 2.97. The summed E-state index contributed by atoms with van der Waals surface area (Å²) in [5.41, 5.74) is 2.79. The number of ether oxygens (including phenoxy) is 1. The van der Waals surface area contributed by atoms with Gasteiger partial charge in [0.1, 0.15) is 0 Å². The van der Waals surface area contributed by atoms with Gasteiger partial charge in [-0.05, 0) is 33.6 Å². The maximum absolute atomic E-state index is 5.87. The molecule has 0 spiro atoms. The summed E-state index contributed by atoms with van der Waals surface area (Å²) in [7, 11) is 2.00. The molecule has 4 unspecified atom stereocenters. The molecule has 1 aromatic rings. The molecule has 4 heteroatoms. The lowest BCUT2D eigenvalue weighted by Gasteiger charge is -2.54. The van der Waals surface area contributed by atoms with Gasteiger partial charge in [-0.2, -0.15) is 5.10 Å². The van der Waals surface area contributed by atoms with Crippen LogP contribution in [0.2, 0.25) is 0 Å². The molecule has 1 saturated carbocycles. The first kappa shape index (κ1) is 15.5. The predicted molar refractivity (Wildman–Crippen MR) is 81.7 cm³/mol. The fraction of sp³-hybridized carbons (Fsp3) is 0.812. The van der Waals surface area contributed by atoms with Crippen molar-refractivity contribution in [2.45, 2.75) is 65.6 Å². The minimum Gasteiger partial charge on any atom is -0.378 e. The lowest BCUT2D eigenvalue weighted by molar-refractivity contribution is -0.127. The van der Waals surface area contributed by atoms with Crippen molar-refractivity contribution < 1.29 is 4.74 Å². The van der Waals surface area contributed by atoms with Crippen molar-refractivity contribution in [3.8, 4) is 0 Å². The molecular formula is C16H29N3O. The summed E-state index contributed by atoms with van der Waals surface area (Å²) < 4.78 is 7.81. The van der Waals surface area contributed by atoms with E-state index in [0.717, 1.165) is 19.4 Å². The van der Waals surface area contributed by atoms with E-state index in [1.54, 1.807) is 0 Å². The van der Waals surface area contributed by atoms with Crippen LogP contribution in [-0.2, 0) is 11.8 Å². The van der Waals surface area contributed by atoms with Gasteiger partial charge in [0.2, 0.25) is 0 Å². The van der Waals surface area contributed by atoms with Gasteiger partial charge in [0.15, 0.2) is 0 Å². The topological polar surface area (TPSA) is 39.1 Å². The number of aryl methyl sites for hydroxylation is 1. The summed E-state index contributed by atoms with van der Waals surface area (Å²) in [6.07, 6.45) is 4.64. The fourth-order valence-corrected chi connectivity index (χ4v) is 3.34. The van der Waals surface area contributed by atoms with Gasteiger partial charge in [-0.25, -0.2) is 0 Å². The SMILES string of the molecule is CCOC1CC(NC(C)c2cnn(C)c2C)C1(C)CC. The molecule has 0 aliphatic heterocycles. The zero-order valence-electron chi connectivity index (χ0n) is 13.7. The highest BCUT2D eigenvalue weighted by Crippen LogP contribution is 2.46. The smallest absolute Gasteiger partial charge is 0.0658 e. The quantitative estimate of drug-likeness (QED) is 0.870. The zero-order chi connectivity index (χ0) is 14.9. The van der Waals surface area contributed by atoms with E-state index in [2.05, 4.69) is 45.0 Å². The Morgan fingerprint density at radius 2 is 2.25 bits per heavy atom. The van der Waals surface area contributed by atoms with Gasteiger partial charge in [0.25, 0.3) is 0 Å². The Labute approximate surface area is 122 Å². The van der Waals surface area contributed by atoms with Gasteiger partial charge in [-0.15, -0.1) is 0 Å². The van der Waals surface area contributed by atoms with Crippen molar-refractivity contribution in [1.82, 2.24) is 15.1 Å². The van der Waals surface area contributed by atoms with Crippen molar-refractivity contribution in [3.05, 3.63) is 17.5 Å². The van der Waals surface area contributed by atoms with E-state index < -0.39 is 0 Å². The molecule has 20 heavy (non-hydrogen) atoms. The molecule has 2 rings (SSSR count). The number of hydrogen-bond donors (Lipinski definition) is 1. The largest absolute Gasteiger partial charge is 0.378 e. The van der Waals surface area contributed by atoms with Gasteiger partial charge in [0.05, 0.1) is 12.3 Å². The van der Waals surface area contributed by atoms with Crippen molar-refractivity contribution >= 4 is 0 Å². The first-order valence-corrected chi connectivity index (χ1v) is 7.80. The highest BCUT2D eigenvalue weighted by molar-refractivity contribution is 5.21. The number of hydrogen-bond acceptors (Lipinski definition) is 3. The minimum absolute atomic E-state index is 0.250. The summed E-state index contributed by atoms with van der Waals surface area (Å²) >= 11 is 0. The van der Waals surface area contributed by atoms with Crippen LogP contribution in [0.1, 0.15) is 57.8 Å². The molecule has 114 valence electrons. The molecule has 0 aromatic carbocycles. The van der Waals surface area contributed by atoms with Gasteiger partial charge in [-0.1, -0.05) is 13.8 Å². The normalized spacial score (nSPS) is 31.1. The molecule has 1 aliphatic rings. The number of nitrogens with zero attached hydrogens (tertiary/aromatic N) is 2. The van der Waals surface area contributed by atoms with E-state index in [1.165, 1.54) is 11.3 Å². The molecule has 0 bridgehead atoms. The van der Waals surface area contributed by atoms with E-state index in [1.807, 2.05) is 17.9 Å². The van der Waals surface area contributed by atoms with Crippen LogP contribution in [-0.4, -0.2) is 28.5 Å². The van der Waals surface area contributed by atoms with E-state index in [-0.39, 0.29) is 5.41 Å². The maximum Gasteiger partial charge on any atom is 0.0658 e. The van der Waals surface area contributed by atoms with Crippen LogP contribution in [0.4, 0.5) is 0 Å². The van der Waals surface area contributed by atoms with E-state index in [0.29, 0.717) is 18.2 Å². The number of rotatable bonds is 6.